The molecule has 1 aromatic heterocycles. The highest BCUT2D eigenvalue weighted by atomic mass is 16.5. The fraction of sp³-hybridized carbons (Fsp3) is 0.211. The Kier molecular flexibility index (Phi) is 4.52. The molecule has 6 heteroatoms. The molecule has 0 saturated carbocycles. The van der Waals surface area contributed by atoms with Crippen molar-refractivity contribution in [2.75, 3.05) is 21.3 Å². The van der Waals surface area contributed by atoms with Crippen molar-refractivity contribution in [2.45, 2.75) is 6.42 Å². The van der Waals surface area contributed by atoms with E-state index in [9.17, 15) is 9.59 Å². The zero-order valence-electron chi connectivity index (χ0n) is 14.2. The summed E-state index contributed by atoms with van der Waals surface area (Å²) in [6, 6.07) is 5.17. The number of ether oxygens (including phenoxy) is 3. The van der Waals surface area contributed by atoms with Crippen LogP contribution in [0.25, 0.3) is 6.08 Å². The Bertz CT molecular complexity index is 885. The number of rotatable bonds is 4. The van der Waals surface area contributed by atoms with Crippen LogP contribution in [-0.4, -0.2) is 38.1 Å². The topological polar surface area (TPSA) is 74.7 Å². The van der Waals surface area contributed by atoms with Crippen molar-refractivity contribution < 1.29 is 23.8 Å². The Morgan fingerprint density at radius 3 is 2.56 bits per heavy atom. The Morgan fingerprint density at radius 2 is 1.88 bits per heavy atom. The van der Waals surface area contributed by atoms with Crippen LogP contribution in [0.5, 0.6) is 11.5 Å². The second kappa shape index (κ2) is 6.76. The number of hydrogen-bond donors (Lipinski definition) is 0. The summed E-state index contributed by atoms with van der Waals surface area (Å²) in [5, 5.41) is 0. The molecule has 0 amide bonds. The number of allylic oxidation sites excluding steroid dienone is 1. The predicted octanol–water partition coefficient (Wildman–Crippen LogP) is 2.71. The first-order chi connectivity index (χ1) is 12.1. The maximum atomic E-state index is 12.7. The van der Waals surface area contributed by atoms with E-state index in [1.165, 1.54) is 20.4 Å². The van der Waals surface area contributed by atoms with Gasteiger partial charge in [-0.05, 0) is 35.4 Å². The van der Waals surface area contributed by atoms with Gasteiger partial charge in [-0.2, -0.15) is 0 Å². The van der Waals surface area contributed by atoms with Crippen LogP contribution in [0.1, 0.15) is 31.8 Å². The third-order valence-corrected chi connectivity index (χ3v) is 4.12. The number of ketones is 1. The highest BCUT2D eigenvalue weighted by Crippen LogP contribution is 2.37. The van der Waals surface area contributed by atoms with Crippen LogP contribution >= 0.6 is 0 Å². The van der Waals surface area contributed by atoms with Gasteiger partial charge in [-0.1, -0.05) is 0 Å². The fourth-order valence-electron chi connectivity index (χ4n) is 2.85. The van der Waals surface area contributed by atoms with Gasteiger partial charge in [-0.3, -0.25) is 9.78 Å². The number of nitrogens with zero attached hydrogens (tertiary/aromatic N) is 1. The van der Waals surface area contributed by atoms with E-state index in [1.54, 1.807) is 37.6 Å². The molecule has 1 aromatic carbocycles. The summed E-state index contributed by atoms with van der Waals surface area (Å²) < 4.78 is 15.3. The summed E-state index contributed by atoms with van der Waals surface area (Å²) in [6.45, 7) is 0. The molecule has 1 heterocycles. The van der Waals surface area contributed by atoms with Crippen LogP contribution in [-0.2, 0) is 11.2 Å². The largest absolute Gasteiger partial charge is 0.493 e. The molecule has 0 atom stereocenters. The normalized spacial score (nSPS) is 14.4. The van der Waals surface area contributed by atoms with Gasteiger partial charge in [0.25, 0.3) is 0 Å². The van der Waals surface area contributed by atoms with Gasteiger partial charge in [0.15, 0.2) is 17.3 Å². The van der Waals surface area contributed by atoms with Gasteiger partial charge in [0.1, 0.15) is 0 Å². The molecule has 1 aliphatic carbocycles. The lowest BCUT2D eigenvalue weighted by atomic mass is 10.0. The predicted molar refractivity (Wildman–Crippen MR) is 91.1 cm³/mol. The summed E-state index contributed by atoms with van der Waals surface area (Å²) in [7, 11) is 4.39. The molecule has 0 bridgehead atoms. The first-order valence-corrected chi connectivity index (χ1v) is 7.61. The minimum absolute atomic E-state index is 0.0939. The third-order valence-electron chi connectivity index (χ3n) is 4.12. The molecule has 25 heavy (non-hydrogen) atoms. The van der Waals surface area contributed by atoms with Crippen LogP contribution in [0.15, 0.2) is 36.2 Å². The highest BCUT2D eigenvalue weighted by molar-refractivity contribution is 6.16. The van der Waals surface area contributed by atoms with Crippen LogP contribution in [0.3, 0.4) is 0 Å². The molecule has 0 fully saturated rings. The van der Waals surface area contributed by atoms with Crippen LogP contribution < -0.4 is 9.47 Å². The summed E-state index contributed by atoms with van der Waals surface area (Å²) in [5.41, 5.74) is 2.94. The van der Waals surface area contributed by atoms with Crippen LogP contribution in [0.4, 0.5) is 0 Å². The standard InChI is InChI=1S/C19H17NO5/c1-23-16-8-12-7-13(18(21)14(12)9-17(16)24-2)6-11-4-5-20-10-15(11)19(22)25-3/h4-6,8-10H,7H2,1-3H3/b13-6+. The number of carbonyl (C=O) groups excluding carboxylic acids is 2. The lowest BCUT2D eigenvalue weighted by molar-refractivity contribution is 0.0600. The highest BCUT2D eigenvalue weighted by Gasteiger charge is 2.27. The molecular weight excluding hydrogens is 322 g/mol. The van der Waals surface area contributed by atoms with E-state index in [4.69, 9.17) is 14.2 Å². The molecule has 0 N–H and O–H groups in total. The van der Waals surface area contributed by atoms with E-state index in [0.717, 1.165) is 5.56 Å². The Balaban J connectivity index is 2.03. The van der Waals surface area contributed by atoms with Gasteiger partial charge in [0.2, 0.25) is 0 Å². The van der Waals surface area contributed by atoms with E-state index < -0.39 is 5.97 Å². The molecule has 128 valence electrons. The fourth-order valence-corrected chi connectivity index (χ4v) is 2.85. The van der Waals surface area contributed by atoms with Crippen molar-refractivity contribution in [2.24, 2.45) is 0 Å². The Morgan fingerprint density at radius 1 is 1.16 bits per heavy atom. The minimum Gasteiger partial charge on any atom is -0.493 e. The summed E-state index contributed by atoms with van der Waals surface area (Å²) in [4.78, 5) is 28.5. The molecule has 0 radical (unpaired) electrons. The zero-order valence-corrected chi connectivity index (χ0v) is 14.2. The number of pyridine rings is 1. The van der Waals surface area contributed by atoms with Crippen molar-refractivity contribution >= 4 is 17.8 Å². The summed E-state index contributed by atoms with van der Waals surface area (Å²) in [6.07, 6.45) is 5.15. The van der Waals surface area contributed by atoms with Crippen molar-refractivity contribution in [3.63, 3.8) is 0 Å². The number of methoxy groups -OCH3 is 3. The smallest absolute Gasteiger partial charge is 0.340 e. The monoisotopic (exact) mass is 339 g/mol. The second-order valence-electron chi connectivity index (χ2n) is 5.49. The molecule has 3 rings (SSSR count). The molecule has 6 nitrogen and oxygen atoms in total. The lowest BCUT2D eigenvalue weighted by Gasteiger charge is -2.08. The molecule has 1 aliphatic rings. The number of fused-ring (bicyclic) bond motifs is 1. The Labute approximate surface area is 145 Å². The summed E-state index contributed by atoms with van der Waals surface area (Å²) >= 11 is 0. The molecule has 2 aromatic rings. The quantitative estimate of drug-likeness (QED) is 0.630. The molecule has 0 saturated heterocycles. The van der Waals surface area contributed by atoms with Crippen molar-refractivity contribution in [3.8, 4) is 11.5 Å². The number of carbonyl (C=O) groups is 2. The SMILES string of the molecule is COC(=O)c1cnccc1/C=C1\Cc2cc(OC)c(OC)cc2C1=O. The van der Waals surface area contributed by atoms with Gasteiger partial charge >= 0.3 is 5.97 Å². The first kappa shape index (κ1) is 16.7. The van der Waals surface area contributed by atoms with E-state index in [2.05, 4.69) is 4.98 Å². The number of esters is 1. The Hall–Kier alpha value is -3.15. The lowest BCUT2D eigenvalue weighted by Crippen LogP contribution is -2.05. The van der Waals surface area contributed by atoms with Gasteiger partial charge in [-0.15, -0.1) is 0 Å². The third kappa shape index (κ3) is 2.98. The van der Waals surface area contributed by atoms with Gasteiger partial charge in [-0.25, -0.2) is 4.79 Å². The average molecular weight is 339 g/mol. The minimum atomic E-state index is -0.494. The van der Waals surface area contributed by atoms with E-state index in [-0.39, 0.29) is 5.78 Å². The van der Waals surface area contributed by atoms with Gasteiger partial charge in [0.05, 0.1) is 26.9 Å². The van der Waals surface area contributed by atoms with Crippen molar-refractivity contribution in [1.82, 2.24) is 4.98 Å². The molecule has 0 unspecified atom stereocenters. The maximum Gasteiger partial charge on any atom is 0.340 e. The van der Waals surface area contributed by atoms with Gasteiger partial charge < -0.3 is 14.2 Å². The van der Waals surface area contributed by atoms with Crippen molar-refractivity contribution in [3.05, 3.63) is 58.4 Å². The van der Waals surface area contributed by atoms with Gasteiger partial charge in [0, 0.05) is 30.0 Å². The first-order valence-electron chi connectivity index (χ1n) is 7.61. The average Bonchev–Trinajstić information content (AvgIpc) is 2.95. The molecular formula is C19H17NO5. The number of hydrogen-bond acceptors (Lipinski definition) is 6. The second-order valence-corrected chi connectivity index (χ2v) is 5.49. The number of Topliss-reactive ketones (excluding diaryl/α,β-unsaturated/α-hetero) is 1. The number of aromatic nitrogens is 1. The van der Waals surface area contributed by atoms with Crippen molar-refractivity contribution in [1.29, 1.82) is 0 Å². The van der Waals surface area contributed by atoms with E-state index in [0.29, 0.717) is 40.2 Å². The van der Waals surface area contributed by atoms with E-state index >= 15 is 0 Å². The molecule has 0 spiro atoms. The van der Waals surface area contributed by atoms with E-state index in [1.807, 2.05) is 0 Å². The van der Waals surface area contributed by atoms with Crippen LogP contribution in [0, 0.1) is 0 Å². The van der Waals surface area contributed by atoms with Crippen LogP contribution in [0.2, 0.25) is 0 Å². The summed E-state index contributed by atoms with van der Waals surface area (Å²) in [5.74, 6) is 0.499. The number of benzene rings is 1. The molecule has 0 aliphatic heterocycles. The maximum absolute atomic E-state index is 12.7. The zero-order chi connectivity index (χ0) is 18.0.